The van der Waals surface area contributed by atoms with Crippen molar-refractivity contribution in [2.24, 2.45) is 0 Å². The lowest BCUT2D eigenvalue weighted by atomic mass is 10.1. The van der Waals surface area contributed by atoms with E-state index >= 15 is 0 Å². The van der Waals surface area contributed by atoms with E-state index in [1.54, 1.807) is 6.07 Å². The first-order chi connectivity index (χ1) is 14.7. The van der Waals surface area contributed by atoms with Crippen molar-refractivity contribution in [3.8, 4) is 11.5 Å². The fourth-order valence-corrected chi connectivity index (χ4v) is 5.46. The molecule has 0 radical (unpaired) electrons. The number of ether oxygens (including phenoxy) is 3. The van der Waals surface area contributed by atoms with Crippen LogP contribution in [-0.2, 0) is 22.4 Å². The molecular weight excluding hydrogens is 404 g/mol. The zero-order valence-electron chi connectivity index (χ0n) is 16.6. The maximum atomic E-state index is 13.0. The number of fused-ring (bicyclic) bond motifs is 2. The average molecular weight is 429 g/mol. The molecule has 2 aromatic rings. The first kappa shape index (κ1) is 19.4. The van der Waals surface area contributed by atoms with Crippen molar-refractivity contribution in [2.45, 2.75) is 44.3 Å². The molecule has 0 bridgehead atoms. The molecule has 0 unspecified atom stereocenters. The fraction of sp³-hybridized carbons (Fsp3) is 0.455. The van der Waals surface area contributed by atoms with E-state index in [0.717, 1.165) is 44.3 Å². The molecule has 3 heterocycles. The Hall–Kier alpha value is -2.58. The van der Waals surface area contributed by atoms with Crippen molar-refractivity contribution in [2.75, 3.05) is 25.1 Å². The van der Waals surface area contributed by atoms with E-state index in [1.165, 1.54) is 16.2 Å². The van der Waals surface area contributed by atoms with Crippen LogP contribution in [0, 0.1) is 0 Å². The van der Waals surface area contributed by atoms with Crippen LogP contribution in [0.5, 0.6) is 11.5 Å². The molecule has 1 fully saturated rings. The van der Waals surface area contributed by atoms with E-state index in [0.29, 0.717) is 28.6 Å². The first-order valence-electron chi connectivity index (χ1n) is 10.4. The summed E-state index contributed by atoms with van der Waals surface area (Å²) in [7, 11) is 0. The van der Waals surface area contributed by atoms with Crippen LogP contribution in [0.4, 0.5) is 5.00 Å². The highest BCUT2D eigenvalue weighted by molar-refractivity contribution is 7.17. The van der Waals surface area contributed by atoms with Crippen LogP contribution in [-0.4, -0.2) is 43.8 Å². The van der Waals surface area contributed by atoms with Crippen molar-refractivity contribution >= 4 is 28.2 Å². The molecule has 0 saturated carbocycles. The minimum absolute atomic E-state index is 0.0755. The van der Waals surface area contributed by atoms with Crippen molar-refractivity contribution in [1.82, 2.24) is 5.32 Å². The zero-order valence-corrected chi connectivity index (χ0v) is 17.4. The van der Waals surface area contributed by atoms with E-state index < -0.39 is 6.10 Å². The largest absolute Gasteiger partial charge is 0.485 e. The Morgan fingerprint density at radius 3 is 2.83 bits per heavy atom. The molecule has 3 aliphatic rings. The second-order valence-electron chi connectivity index (χ2n) is 7.76. The Labute approximate surface area is 178 Å². The maximum absolute atomic E-state index is 13.0. The lowest BCUT2D eigenvalue weighted by Gasteiger charge is -2.25. The van der Waals surface area contributed by atoms with Gasteiger partial charge in [-0.15, -0.1) is 11.3 Å². The van der Waals surface area contributed by atoms with Crippen LogP contribution in [0.25, 0.3) is 0 Å². The van der Waals surface area contributed by atoms with Crippen LogP contribution in [0.15, 0.2) is 24.3 Å². The third-order valence-electron chi connectivity index (χ3n) is 5.70. The Morgan fingerprint density at radius 2 is 2.00 bits per heavy atom. The molecule has 158 valence electrons. The van der Waals surface area contributed by atoms with Gasteiger partial charge in [-0.05, 0) is 49.8 Å². The third-order valence-corrected chi connectivity index (χ3v) is 6.91. The zero-order chi connectivity index (χ0) is 20.5. The molecule has 0 spiro atoms. The van der Waals surface area contributed by atoms with Gasteiger partial charge in [-0.2, -0.15) is 0 Å². The van der Waals surface area contributed by atoms with Crippen molar-refractivity contribution in [3.05, 3.63) is 40.3 Å². The minimum atomic E-state index is -0.764. The van der Waals surface area contributed by atoms with E-state index in [4.69, 9.17) is 14.2 Å². The highest BCUT2D eigenvalue weighted by Gasteiger charge is 2.32. The normalized spacial score (nSPS) is 21.9. The Kier molecular flexibility index (Phi) is 5.35. The smallest absolute Gasteiger partial charge is 0.269 e. The van der Waals surface area contributed by atoms with Gasteiger partial charge in [0.2, 0.25) is 6.10 Å². The number of nitrogens with one attached hydrogen (secondary N) is 2. The number of anilines is 1. The third kappa shape index (κ3) is 3.77. The number of amides is 2. The van der Waals surface area contributed by atoms with Gasteiger partial charge in [0.05, 0.1) is 11.7 Å². The van der Waals surface area contributed by atoms with Crippen molar-refractivity contribution in [1.29, 1.82) is 0 Å². The monoisotopic (exact) mass is 428 g/mol. The Bertz CT molecular complexity index is 966. The van der Waals surface area contributed by atoms with Gasteiger partial charge in [-0.3, -0.25) is 9.59 Å². The van der Waals surface area contributed by atoms with E-state index in [-0.39, 0.29) is 24.5 Å². The highest BCUT2D eigenvalue weighted by Crippen LogP contribution is 2.39. The number of carbonyl (C=O) groups is 2. The fourth-order valence-electron chi connectivity index (χ4n) is 4.17. The minimum Gasteiger partial charge on any atom is -0.485 e. The summed E-state index contributed by atoms with van der Waals surface area (Å²) in [6, 6.07) is 7.28. The van der Waals surface area contributed by atoms with Crippen LogP contribution in [0.3, 0.4) is 0 Å². The van der Waals surface area contributed by atoms with E-state index in [9.17, 15) is 9.59 Å². The second-order valence-corrected chi connectivity index (χ2v) is 8.87. The summed E-state index contributed by atoms with van der Waals surface area (Å²) in [5, 5.41) is 6.52. The van der Waals surface area contributed by atoms with E-state index in [1.807, 2.05) is 18.2 Å². The van der Waals surface area contributed by atoms with Crippen LogP contribution in [0.1, 0.15) is 40.1 Å². The predicted molar refractivity (Wildman–Crippen MR) is 113 cm³/mol. The molecule has 2 amide bonds. The Balaban J connectivity index is 1.31. The summed E-state index contributed by atoms with van der Waals surface area (Å²) in [5.41, 5.74) is 1.65. The van der Waals surface area contributed by atoms with Crippen LogP contribution >= 0.6 is 11.3 Å². The number of rotatable bonds is 5. The van der Waals surface area contributed by atoms with Crippen LogP contribution < -0.4 is 20.1 Å². The molecule has 2 aliphatic heterocycles. The van der Waals surface area contributed by atoms with Gasteiger partial charge < -0.3 is 24.8 Å². The molecule has 1 aromatic heterocycles. The van der Waals surface area contributed by atoms with Gasteiger partial charge in [0.15, 0.2) is 11.5 Å². The van der Waals surface area contributed by atoms with Gasteiger partial charge in [0.1, 0.15) is 11.6 Å². The number of carbonyl (C=O) groups excluding carboxylic acids is 2. The van der Waals surface area contributed by atoms with E-state index in [2.05, 4.69) is 10.6 Å². The van der Waals surface area contributed by atoms with Crippen molar-refractivity contribution < 1.29 is 23.8 Å². The maximum Gasteiger partial charge on any atom is 0.269 e. The molecular formula is C22H24N2O5S. The quantitative estimate of drug-likeness (QED) is 0.765. The first-order valence-corrected chi connectivity index (χ1v) is 11.2. The molecule has 8 heteroatoms. The molecule has 2 N–H and O–H groups in total. The predicted octanol–water partition coefficient (Wildman–Crippen LogP) is 2.92. The molecule has 1 aromatic carbocycles. The van der Waals surface area contributed by atoms with Gasteiger partial charge in [0.25, 0.3) is 11.8 Å². The molecule has 1 aliphatic carbocycles. The molecule has 1 saturated heterocycles. The van der Waals surface area contributed by atoms with Gasteiger partial charge in [-0.1, -0.05) is 12.1 Å². The van der Waals surface area contributed by atoms with Gasteiger partial charge >= 0.3 is 0 Å². The van der Waals surface area contributed by atoms with Crippen molar-refractivity contribution in [3.63, 3.8) is 0 Å². The summed E-state index contributed by atoms with van der Waals surface area (Å²) in [6.45, 7) is 1.38. The number of hydrogen-bond acceptors (Lipinski definition) is 6. The molecule has 30 heavy (non-hydrogen) atoms. The van der Waals surface area contributed by atoms with Gasteiger partial charge in [0, 0.05) is 18.0 Å². The molecule has 7 nitrogen and oxygen atoms in total. The number of aryl methyl sites for hydroxylation is 1. The number of thiophene rings is 1. The molecule has 5 rings (SSSR count). The number of hydrogen-bond donors (Lipinski definition) is 2. The summed E-state index contributed by atoms with van der Waals surface area (Å²) in [4.78, 5) is 27.1. The summed E-state index contributed by atoms with van der Waals surface area (Å²) in [5.74, 6) is 0.724. The lowest BCUT2D eigenvalue weighted by molar-refractivity contribution is -0.125. The second kappa shape index (κ2) is 8.28. The highest BCUT2D eigenvalue weighted by atomic mass is 32.1. The summed E-state index contributed by atoms with van der Waals surface area (Å²) < 4.78 is 17.1. The number of benzene rings is 1. The number of para-hydroxylation sites is 2. The SMILES string of the molecule is O=C(NC[C@H]1CCCO1)c1c(NC(=O)[C@H]2COc3ccccc3O2)sc2c1CCC2. The topological polar surface area (TPSA) is 85.9 Å². The van der Waals surface area contributed by atoms with Crippen LogP contribution in [0.2, 0.25) is 0 Å². The van der Waals surface area contributed by atoms with Gasteiger partial charge in [-0.25, -0.2) is 0 Å². The summed E-state index contributed by atoms with van der Waals surface area (Å²) >= 11 is 1.49. The standard InChI is InChI=1S/C22H24N2O5S/c25-20(17-12-28-15-7-1-2-8-16(15)29-17)24-22-19(14-6-3-9-18(14)30-22)21(26)23-11-13-5-4-10-27-13/h1-2,7-8,13,17H,3-6,9-12H2,(H,23,26)(H,24,25)/t13-,17-/m1/s1. The summed E-state index contributed by atoms with van der Waals surface area (Å²) in [6.07, 6.45) is 4.15. The molecule has 2 atom stereocenters. The Morgan fingerprint density at radius 1 is 1.13 bits per heavy atom. The average Bonchev–Trinajstić information content (AvgIpc) is 3.49. The lowest BCUT2D eigenvalue weighted by Crippen LogP contribution is -2.40.